The van der Waals surface area contributed by atoms with Gasteiger partial charge < -0.3 is 18.9 Å². The van der Waals surface area contributed by atoms with E-state index in [1.807, 2.05) is 36.4 Å². The Bertz CT molecular complexity index is 845. The van der Waals surface area contributed by atoms with Gasteiger partial charge in [0, 0.05) is 16.7 Å². The van der Waals surface area contributed by atoms with Crippen LogP contribution in [-0.4, -0.2) is 21.3 Å². The van der Waals surface area contributed by atoms with Crippen LogP contribution in [0.5, 0.6) is 17.2 Å². The molecule has 3 unspecified atom stereocenters. The van der Waals surface area contributed by atoms with Crippen LogP contribution in [0.2, 0.25) is 0 Å². The predicted molar refractivity (Wildman–Crippen MR) is 94.1 cm³/mol. The maximum atomic E-state index is 6.18. The largest absolute Gasteiger partial charge is 0.497 e. The van der Waals surface area contributed by atoms with Crippen molar-refractivity contribution < 1.29 is 18.9 Å². The lowest BCUT2D eigenvalue weighted by Gasteiger charge is -2.21. The van der Waals surface area contributed by atoms with Gasteiger partial charge in [-0.1, -0.05) is 11.8 Å². The molecule has 2 aliphatic rings. The van der Waals surface area contributed by atoms with Gasteiger partial charge in [0.1, 0.15) is 23.4 Å². The van der Waals surface area contributed by atoms with Crippen LogP contribution in [0.3, 0.4) is 0 Å². The van der Waals surface area contributed by atoms with Crippen molar-refractivity contribution in [3.05, 3.63) is 53.1 Å². The van der Waals surface area contributed by atoms with E-state index in [-0.39, 0.29) is 18.1 Å². The molecule has 128 valence electrons. The first-order valence-corrected chi connectivity index (χ1v) is 8.31. The molecule has 0 radical (unpaired) electrons. The quantitative estimate of drug-likeness (QED) is 0.797. The second-order valence-corrected chi connectivity index (χ2v) is 6.18. The Labute approximate surface area is 147 Å². The first-order valence-electron chi connectivity index (χ1n) is 8.31. The van der Waals surface area contributed by atoms with Gasteiger partial charge in [0.25, 0.3) is 0 Å². The molecule has 4 heteroatoms. The molecule has 1 saturated heterocycles. The van der Waals surface area contributed by atoms with Gasteiger partial charge in [-0.2, -0.15) is 0 Å². The minimum Gasteiger partial charge on any atom is -0.497 e. The summed E-state index contributed by atoms with van der Waals surface area (Å²) >= 11 is 0. The molecule has 0 saturated carbocycles. The Morgan fingerprint density at radius 3 is 2.20 bits per heavy atom. The Kier molecular flexibility index (Phi) is 4.03. The van der Waals surface area contributed by atoms with E-state index in [9.17, 15) is 0 Å². The van der Waals surface area contributed by atoms with Gasteiger partial charge in [0.05, 0.1) is 33.4 Å². The topological polar surface area (TPSA) is 36.9 Å². The van der Waals surface area contributed by atoms with Crippen LogP contribution in [0.1, 0.15) is 35.3 Å². The molecule has 0 aliphatic carbocycles. The zero-order valence-corrected chi connectivity index (χ0v) is 14.5. The van der Waals surface area contributed by atoms with Crippen molar-refractivity contribution in [2.45, 2.75) is 18.6 Å². The van der Waals surface area contributed by atoms with E-state index >= 15 is 0 Å². The predicted octanol–water partition coefficient (Wildman–Crippen LogP) is 3.90. The summed E-state index contributed by atoms with van der Waals surface area (Å²) in [5.74, 6) is 9.34. The summed E-state index contributed by atoms with van der Waals surface area (Å²) in [5.41, 5.74) is 3.18. The highest BCUT2D eigenvalue weighted by molar-refractivity contribution is 5.56. The van der Waals surface area contributed by atoms with E-state index in [1.165, 1.54) is 0 Å². The maximum absolute atomic E-state index is 6.18. The highest BCUT2D eigenvalue weighted by Crippen LogP contribution is 2.58. The monoisotopic (exact) mass is 336 g/mol. The minimum atomic E-state index is -0.0594. The molecule has 4 rings (SSSR count). The number of hydrogen-bond acceptors (Lipinski definition) is 4. The van der Waals surface area contributed by atoms with Crippen molar-refractivity contribution in [2.75, 3.05) is 21.3 Å². The summed E-state index contributed by atoms with van der Waals surface area (Å²) in [6.45, 7) is 0. The molecule has 0 aromatic heterocycles. The van der Waals surface area contributed by atoms with Gasteiger partial charge in [0.2, 0.25) is 0 Å². The van der Waals surface area contributed by atoms with Crippen molar-refractivity contribution in [2.24, 2.45) is 5.92 Å². The van der Waals surface area contributed by atoms with Crippen LogP contribution in [0.4, 0.5) is 0 Å². The van der Waals surface area contributed by atoms with Crippen molar-refractivity contribution in [3.63, 3.8) is 0 Å². The summed E-state index contributed by atoms with van der Waals surface area (Å²) in [7, 11) is 5.04. The molecule has 3 atom stereocenters. The maximum Gasteiger partial charge on any atom is 0.125 e. The van der Waals surface area contributed by atoms with Gasteiger partial charge in [-0.25, -0.2) is 0 Å². The second kappa shape index (κ2) is 6.34. The molecule has 0 N–H and O–H groups in total. The van der Waals surface area contributed by atoms with E-state index < -0.39 is 0 Å². The van der Waals surface area contributed by atoms with Gasteiger partial charge in [-0.15, -0.1) is 0 Å². The zero-order valence-electron chi connectivity index (χ0n) is 14.5. The van der Waals surface area contributed by atoms with Crippen LogP contribution in [0.15, 0.2) is 36.4 Å². The van der Waals surface area contributed by atoms with Crippen LogP contribution in [0.25, 0.3) is 0 Å². The summed E-state index contributed by atoms with van der Waals surface area (Å²) in [4.78, 5) is 0. The first kappa shape index (κ1) is 15.9. The Balaban J connectivity index is 1.64. The van der Waals surface area contributed by atoms with Crippen molar-refractivity contribution in [1.29, 1.82) is 0 Å². The zero-order chi connectivity index (χ0) is 17.4. The number of fused-ring (bicyclic) bond motifs is 5. The summed E-state index contributed by atoms with van der Waals surface area (Å²) < 4.78 is 22.4. The number of methoxy groups -OCH3 is 3. The molecular formula is C21H20O4. The average molecular weight is 336 g/mol. The molecule has 2 aromatic carbocycles. The standard InChI is InChI=1S/C21H20O4/c1-22-15-8-5-13(6-9-15)4-7-14-12-18-19-16(23-2)10-11-17(24-3)20(19)21(14)25-18/h5-6,8-11,14,18,21H,12H2,1-3H3. The number of ether oxygens (including phenoxy) is 4. The molecule has 2 heterocycles. The van der Waals surface area contributed by atoms with E-state index in [4.69, 9.17) is 18.9 Å². The van der Waals surface area contributed by atoms with Crippen molar-refractivity contribution >= 4 is 0 Å². The molecule has 2 aromatic rings. The van der Waals surface area contributed by atoms with Crippen LogP contribution < -0.4 is 14.2 Å². The van der Waals surface area contributed by atoms with Crippen molar-refractivity contribution in [3.8, 4) is 29.1 Å². The van der Waals surface area contributed by atoms with Crippen LogP contribution >= 0.6 is 0 Å². The van der Waals surface area contributed by atoms with Crippen LogP contribution in [-0.2, 0) is 4.74 Å². The SMILES string of the molecule is COc1ccc(C#CC2CC3OC2c2c(OC)ccc(OC)c23)cc1. The second-order valence-electron chi connectivity index (χ2n) is 6.18. The fourth-order valence-corrected chi connectivity index (χ4v) is 3.70. The van der Waals surface area contributed by atoms with E-state index in [0.29, 0.717) is 0 Å². The summed E-state index contributed by atoms with van der Waals surface area (Å²) in [5, 5.41) is 0. The third kappa shape index (κ3) is 2.61. The molecule has 1 fully saturated rings. The van der Waals surface area contributed by atoms with Crippen LogP contribution in [0, 0.1) is 17.8 Å². The third-order valence-electron chi connectivity index (χ3n) is 4.89. The van der Waals surface area contributed by atoms with E-state index in [1.54, 1.807) is 21.3 Å². The smallest absolute Gasteiger partial charge is 0.125 e. The lowest BCUT2D eigenvalue weighted by molar-refractivity contribution is 0.0641. The Morgan fingerprint density at radius 2 is 1.56 bits per heavy atom. The van der Waals surface area contributed by atoms with E-state index in [0.717, 1.165) is 40.4 Å². The fraction of sp³-hybridized carbons (Fsp3) is 0.333. The van der Waals surface area contributed by atoms with Gasteiger partial charge in [-0.05, 0) is 42.8 Å². The number of hydrogen-bond donors (Lipinski definition) is 0. The third-order valence-corrected chi connectivity index (χ3v) is 4.89. The summed E-state index contributed by atoms with van der Waals surface area (Å²) in [6, 6.07) is 11.7. The van der Waals surface area contributed by atoms with Gasteiger partial charge in [-0.3, -0.25) is 0 Å². The van der Waals surface area contributed by atoms with Gasteiger partial charge >= 0.3 is 0 Å². The Morgan fingerprint density at radius 1 is 0.880 bits per heavy atom. The molecule has 4 nitrogen and oxygen atoms in total. The lowest BCUT2D eigenvalue weighted by atomic mass is 9.83. The van der Waals surface area contributed by atoms with Gasteiger partial charge in [0.15, 0.2) is 0 Å². The normalized spacial score (nSPS) is 22.8. The molecule has 0 spiro atoms. The molecule has 2 bridgehead atoms. The molecular weight excluding hydrogens is 316 g/mol. The average Bonchev–Trinajstić information content (AvgIpc) is 3.25. The summed E-state index contributed by atoms with van der Waals surface area (Å²) in [6.07, 6.45) is 0.848. The minimum absolute atomic E-state index is 0.0280. The molecule has 0 amide bonds. The highest BCUT2D eigenvalue weighted by atomic mass is 16.5. The molecule has 2 aliphatic heterocycles. The fourth-order valence-electron chi connectivity index (χ4n) is 3.70. The number of rotatable bonds is 3. The van der Waals surface area contributed by atoms with Crippen molar-refractivity contribution in [1.82, 2.24) is 0 Å². The number of benzene rings is 2. The first-order chi connectivity index (χ1) is 12.2. The molecule has 25 heavy (non-hydrogen) atoms. The lowest BCUT2D eigenvalue weighted by Crippen LogP contribution is -2.11. The Hall–Kier alpha value is -2.64. The highest BCUT2D eigenvalue weighted by Gasteiger charge is 2.48. The van der Waals surface area contributed by atoms with E-state index in [2.05, 4.69) is 11.8 Å².